The molecule has 23 heavy (non-hydrogen) atoms. The van der Waals surface area contributed by atoms with Gasteiger partial charge in [-0.05, 0) is 36.3 Å². The van der Waals surface area contributed by atoms with Gasteiger partial charge in [-0.15, -0.1) is 0 Å². The van der Waals surface area contributed by atoms with Crippen LogP contribution >= 0.6 is 0 Å². The number of nitrogens with one attached hydrogen (secondary N) is 2. The molecular weight excluding hydrogens is 296 g/mol. The second kappa shape index (κ2) is 5.26. The van der Waals surface area contributed by atoms with Gasteiger partial charge in [-0.3, -0.25) is 9.78 Å². The largest absolute Gasteiger partial charge is 0.465 e. The molecule has 1 aliphatic carbocycles. The van der Waals surface area contributed by atoms with Gasteiger partial charge in [0.1, 0.15) is 5.69 Å². The van der Waals surface area contributed by atoms with Crippen LogP contribution in [0.15, 0.2) is 24.5 Å². The fraction of sp³-hybridized carbons (Fsp3) is 0.438. The van der Waals surface area contributed by atoms with Crippen LogP contribution in [0.1, 0.15) is 16.9 Å². The fourth-order valence-corrected chi connectivity index (χ4v) is 3.78. The standard InChI is InChI=1S/C16H18N4O3/c21-15(14-5-9-6-17-3-2-13(9)19-14)18-4-1-10-11-7-20(16(22)23)8-12(10)11/h2-3,5-6,10-12,19H,1,4,7-8H2,(H,18,21)(H,22,23). The van der Waals surface area contributed by atoms with E-state index in [0.717, 1.165) is 17.3 Å². The van der Waals surface area contributed by atoms with Crippen molar-refractivity contribution >= 4 is 22.9 Å². The van der Waals surface area contributed by atoms with Crippen molar-refractivity contribution in [2.45, 2.75) is 6.42 Å². The number of carboxylic acid groups (broad SMARTS) is 1. The van der Waals surface area contributed by atoms with E-state index in [-0.39, 0.29) is 5.91 Å². The number of carbonyl (C=O) groups excluding carboxylic acids is 1. The number of rotatable bonds is 4. The topological polar surface area (TPSA) is 98.3 Å². The second-order valence-corrected chi connectivity index (χ2v) is 6.37. The third-order valence-corrected chi connectivity index (χ3v) is 5.07. The maximum atomic E-state index is 12.2. The molecule has 7 heteroatoms. The molecule has 2 aromatic heterocycles. The zero-order chi connectivity index (χ0) is 16.0. The predicted molar refractivity (Wildman–Crippen MR) is 83.1 cm³/mol. The van der Waals surface area contributed by atoms with E-state index >= 15 is 0 Å². The van der Waals surface area contributed by atoms with Crippen LogP contribution in [0.3, 0.4) is 0 Å². The lowest BCUT2D eigenvalue weighted by atomic mass is 10.2. The average Bonchev–Trinajstić information content (AvgIpc) is 2.96. The first kappa shape index (κ1) is 14.0. The van der Waals surface area contributed by atoms with Gasteiger partial charge in [0.25, 0.3) is 5.91 Å². The number of aromatic nitrogens is 2. The molecule has 2 aliphatic rings. The first-order valence-electron chi connectivity index (χ1n) is 7.82. The fourth-order valence-electron chi connectivity index (χ4n) is 3.78. The van der Waals surface area contributed by atoms with E-state index < -0.39 is 6.09 Å². The number of fused-ring (bicyclic) bond motifs is 2. The lowest BCUT2D eigenvalue weighted by molar-refractivity contribution is 0.0948. The molecule has 1 saturated carbocycles. The molecule has 120 valence electrons. The van der Waals surface area contributed by atoms with Crippen LogP contribution < -0.4 is 5.32 Å². The molecule has 1 aliphatic heterocycles. The van der Waals surface area contributed by atoms with Crippen molar-refractivity contribution in [3.8, 4) is 0 Å². The lowest BCUT2D eigenvalue weighted by Crippen LogP contribution is -2.31. The molecule has 2 amide bonds. The summed E-state index contributed by atoms with van der Waals surface area (Å²) >= 11 is 0. The van der Waals surface area contributed by atoms with Crippen LogP contribution in [-0.4, -0.2) is 51.6 Å². The quantitative estimate of drug-likeness (QED) is 0.797. The smallest absolute Gasteiger partial charge is 0.407 e. The third-order valence-electron chi connectivity index (χ3n) is 5.07. The molecule has 0 radical (unpaired) electrons. The van der Waals surface area contributed by atoms with E-state index in [1.165, 1.54) is 4.90 Å². The van der Waals surface area contributed by atoms with Gasteiger partial charge >= 0.3 is 6.09 Å². The van der Waals surface area contributed by atoms with Crippen molar-refractivity contribution in [2.24, 2.45) is 17.8 Å². The van der Waals surface area contributed by atoms with Crippen molar-refractivity contribution in [2.75, 3.05) is 19.6 Å². The minimum absolute atomic E-state index is 0.112. The average molecular weight is 314 g/mol. The monoisotopic (exact) mass is 314 g/mol. The van der Waals surface area contributed by atoms with Gasteiger partial charge < -0.3 is 20.3 Å². The number of amides is 2. The summed E-state index contributed by atoms with van der Waals surface area (Å²) in [5.41, 5.74) is 1.44. The summed E-state index contributed by atoms with van der Waals surface area (Å²) < 4.78 is 0. The number of nitrogens with zero attached hydrogens (tertiary/aromatic N) is 2. The number of piperidine rings is 1. The summed E-state index contributed by atoms with van der Waals surface area (Å²) in [5, 5.41) is 12.8. The molecule has 4 rings (SSSR count). The van der Waals surface area contributed by atoms with Gasteiger partial charge in [0, 0.05) is 42.9 Å². The summed E-state index contributed by atoms with van der Waals surface area (Å²) in [6.45, 7) is 1.92. The van der Waals surface area contributed by atoms with E-state index in [2.05, 4.69) is 15.3 Å². The highest BCUT2D eigenvalue weighted by Gasteiger charge is 2.55. The zero-order valence-electron chi connectivity index (χ0n) is 12.5. The molecule has 2 atom stereocenters. The van der Waals surface area contributed by atoms with Gasteiger partial charge in [-0.2, -0.15) is 0 Å². The van der Waals surface area contributed by atoms with Gasteiger partial charge in [-0.25, -0.2) is 4.79 Å². The molecule has 2 aromatic rings. The summed E-state index contributed by atoms with van der Waals surface area (Å²) in [5.74, 6) is 1.42. The van der Waals surface area contributed by atoms with Crippen LogP contribution in [0, 0.1) is 17.8 Å². The molecule has 2 fully saturated rings. The highest BCUT2D eigenvalue weighted by atomic mass is 16.4. The van der Waals surface area contributed by atoms with Crippen molar-refractivity contribution in [3.63, 3.8) is 0 Å². The Morgan fingerprint density at radius 3 is 2.87 bits per heavy atom. The molecule has 3 N–H and O–H groups in total. The molecular formula is C16H18N4O3. The Hall–Kier alpha value is -2.57. The zero-order valence-corrected chi connectivity index (χ0v) is 12.5. The SMILES string of the molecule is O=C(NCCC1C2CN(C(=O)O)CC12)c1cc2cnccc2[nH]1. The number of likely N-dealkylation sites (tertiary alicyclic amines) is 1. The van der Waals surface area contributed by atoms with Crippen LogP contribution in [0.2, 0.25) is 0 Å². The highest BCUT2D eigenvalue weighted by molar-refractivity contribution is 5.97. The Morgan fingerprint density at radius 1 is 1.39 bits per heavy atom. The highest BCUT2D eigenvalue weighted by Crippen LogP contribution is 2.53. The lowest BCUT2D eigenvalue weighted by Gasteiger charge is -2.15. The van der Waals surface area contributed by atoms with Crippen LogP contribution in [0.25, 0.3) is 10.9 Å². The van der Waals surface area contributed by atoms with Gasteiger partial charge in [0.2, 0.25) is 0 Å². The number of carbonyl (C=O) groups is 2. The molecule has 7 nitrogen and oxygen atoms in total. The van der Waals surface area contributed by atoms with E-state index in [0.29, 0.717) is 43.1 Å². The molecule has 1 saturated heterocycles. The molecule has 0 aromatic carbocycles. The normalized spacial score (nSPS) is 25.4. The maximum absolute atomic E-state index is 12.2. The molecule has 0 spiro atoms. The first-order valence-corrected chi connectivity index (χ1v) is 7.82. The van der Waals surface area contributed by atoms with Crippen molar-refractivity contribution in [1.29, 1.82) is 0 Å². The van der Waals surface area contributed by atoms with E-state index in [1.807, 2.05) is 6.07 Å². The van der Waals surface area contributed by atoms with Gasteiger partial charge in [0.05, 0.1) is 0 Å². The number of aromatic amines is 1. The van der Waals surface area contributed by atoms with Crippen LogP contribution in [-0.2, 0) is 0 Å². The van der Waals surface area contributed by atoms with Crippen LogP contribution in [0.4, 0.5) is 4.79 Å². The number of pyridine rings is 1. The first-order chi connectivity index (χ1) is 11.1. The Balaban J connectivity index is 1.26. The Morgan fingerprint density at radius 2 is 2.17 bits per heavy atom. The number of hydrogen-bond acceptors (Lipinski definition) is 3. The Bertz CT molecular complexity index is 727. The van der Waals surface area contributed by atoms with Gasteiger partial charge in [0.15, 0.2) is 0 Å². The van der Waals surface area contributed by atoms with Crippen molar-refractivity contribution < 1.29 is 14.7 Å². The molecule has 3 heterocycles. The van der Waals surface area contributed by atoms with Crippen LogP contribution in [0.5, 0.6) is 0 Å². The van der Waals surface area contributed by atoms with E-state index in [4.69, 9.17) is 5.11 Å². The third kappa shape index (κ3) is 2.52. The molecule has 0 bridgehead atoms. The maximum Gasteiger partial charge on any atom is 0.407 e. The summed E-state index contributed by atoms with van der Waals surface area (Å²) in [7, 11) is 0. The van der Waals surface area contributed by atoms with E-state index in [9.17, 15) is 9.59 Å². The number of H-pyrrole nitrogens is 1. The van der Waals surface area contributed by atoms with Crippen molar-refractivity contribution in [3.05, 3.63) is 30.2 Å². The summed E-state index contributed by atoms with van der Waals surface area (Å²) in [6, 6.07) is 3.64. The summed E-state index contributed by atoms with van der Waals surface area (Å²) in [4.78, 5) is 31.6. The van der Waals surface area contributed by atoms with Gasteiger partial charge in [-0.1, -0.05) is 0 Å². The second-order valence-electron chi connectivity index (χ2n) is 6.37. The summed E-state index contributed by atoms with van der Waals surface area (Å²) in [6.07, 6.45) is 3.50. The number of hydrogen-bond donors (Lipinski definition) is 3. The minimum atomic E-state index is -0.822. The predicted octanol–water partition coefficient (Wildman–Crippen LogP) is 1.54. The Kier molecular flexibility index (Phi) is 3.21. The van der Waals surface area contributed by atoms with E-state index in [1.54, 1.807) is 18.5 Å². The Labute approximate surface area is 132 Å². The molecule has 2 unspecified atom stereocenters. The van der Waals surface area contributed by atoms with Crippen molar-refractivity contribution in [1.82, 2.24) is 20.2 Å². The minimum Gasteiger partial charge on any atom is -0.465 e.